The van der Waals surface area contributed by atoms with E-state index in [0.717, 1.165) is 11.1 Å². The molecule has 0 aliphatic rings. The lowest BCUT2D eigenvalue weighted by molar-refractivity contribution is 0.313. The number of phenols is 1. The second kappa shape index (κ2) is 4.90. The van der Waals surface area contributed by atoms with E-state index in [1.54, 1.807) is 24.3 Å². The van der Waals surface area contributed by atoms with E-state index >= 15 is 0 Å². The molecule has 3 heteroatoms. The van der Waals surface area contributed by atoms with E-state index in [2.05, 4.69) is 6.07 Å². The normalized spacial score (nSPS) is 11.1. The first-order valence-electron chi connectivity index (χ1n) is 6.38. The number of nitrogens with zero attached hydrogens (tertiary/aromatic N) is 1. The van der Waals surface area contributed by atoms with Crippen LogP contribution in [0.25, 0.3) is 11.1 Å². The zero-order chi connectivity index (χ0) is 14.9. The molecule has 0 aliphatic carbocycles. The molecule has 1 N–H and O–H groups in total. The van der Waals surface area contributed by atoms with Crippen LogP contribution in [0.5, 0.6) is 11.5 Å². The summed E-state index contributed by atoms with van der Waals surface area (Å²) in [6.45, 7) is 5.79. The molecular weight excluding hydrogens is 250 g/mol. The maximum Gasteiger partial charge on any atom is 0.223 e. The van der Waals surface area contributed by atoms with Gasteiger partial charge in [0.2, 0.25) is 5.75 Å². The summed E-state index contributed by atoms with van der Waals surface area (Å²) in [5, 5.41) is 30.8. The molecule has 2 rings (SSSR count). The van der Waals surface area contributed by atoms with Gasteiger partial charge in [-0.3, -0.25) is 5.11 Å². The van der Waals surface area contributed by atoms with Crippen LogP contribution in [0, 0.1) is 11.3 Å². The average molecular weight is 266 g/mol. The molecule has 0 spiro atoms. The standard InChI is InChI=1S/C17H16NO2/c1-17(2,3)14-8-13(9-15(19)16(14)20)12-6-4-5-11(7-12)10-18/h4-9,19H,1-3H3. The second-order valence-corrected chi connectivity index (χ2v) is 5.81. The number of nitriles is 1. The molecule has 0 aromatic heterocycles. The summed E-state index contributed by atoms with van der Waals surface area (Å²) in [7, 11) is 0. The third-order valence-electron chi connectivity index (χ3n) is 3.20. The van der Waals surface area contributed by atoms with Gasteiger partial charge >= 0.3 is 0 Å². The highest BCUT2D eigenvalue weighted by atomic mass is 16.3. The van der Waals surface area contributed by atoms with Crippen molar-refractivity contribution in [3.05, 3.63) is 47.5 Å². The van der Waals surface area contributed by atoms with Crippen LogP contribution in [0.2, 0.25) is 0 Å². The summed E-state index contributed by atoms with van der Waals surface area (Å²) in [4.78, 5) is 0. The van der Waals surface area contributed by atoms with Crippen molar-refractivity contribution in [1.82, 2.24) is 0 Å². The minimum absolute atomic E-state index is 0.255. The zero-order valence-corrected chi connectivity index (χ0v) is 11.8. The van der Waals surface area contributed by atoms with Gasteiger partial charge in [-0.25, -0.2) is 0 Å². The predicted octanol–water partition coefficient (Wildman–Crippen LogP) is 4.37. The molecule has 0 saturated carbocycles. The lowest BCUT2D eigenvalue weighted by Crippen LogP contribution is -2.11. The molecule has 0 amide bonds. The monoisotopic (exact) mass is 266 g/mol. The van der Waals surface area contributed by atoms with Crippen LogP contribution in [-0.4, -0.2) is 5.11 Å². The van der Waals surface area contributed by atoms with Crippen molar-refractivity contribution in [2.24, 2.45) is 0 Å². The van der Waals surface area contributed by atoms with E-state index in [1.807, 2.05) is 26.8 Å². The van der Waals surface area contributed by atoms with Crippen LogP contribution >= 0.6 is 0 Å². The fourth-order valence-corrected chi connectivity index (χ4v) is 2.11. The third-order valence-corrected chi connectivity index (χ3v) is 3.20. The highest BCUT2D eigenvalue weighted by molar-refractivity contribution is 5.70. The largest absolute Gasteiger partial charge is 0.504 e. The van der Waals surface area contributed by atoms with Gasteiger partial charge in [0.15, 0.2) is 5.75 Å². The lowest BCUT2D eigenvalue weighted by atomic mass is 9.84. The molecular formula is C17H16NO2. The van der Waals surface area contributed by atoms with Gasteiger partial charge in [0, 0.05) is 5.56 Å². The fourth-order valence-electron chi connectivity index (χ4n) is 2.11. The Morgan fingerprint density at radius 3 is 2.40 bits per heavy atom. The SMILES string of the molecule is CC(C)(C)c1cc(-c2cccc(C#N)c2)cc(O)c1[O]. The van der Waals surface area contributed by atoms with E-state index in [9.17, 15) is 10.2 Å². The predicted molar refractivity (Wildman–Crippen MR) is 77.1 cm³/mol. The maximum absolute atomic E-state index is 12.0. The molecule has 0 bridgehead atoms. The van der Waals surface area contributed by atoms with Gasteiger partial charge in [0.1, 0.15) is 0 Å². The van der Waals surface area contributed by atoms with E-state index < -0.39 is 0 Å². The Hall–Kier alpha value is -2.47. The van der Waals surface area contributed by atoms with Gasteiger partial charge in [-0.1, -0.05) is 32.9 Å². The van der Waals surface area contributed by atoms with Crippen molar-refractivity contribution >= 4 is 0 Å². The van der Waals surface area contributed by atoms with Crippen molar-refractivity contribution in [2.75, 3.05) is 0 Å². The van der Waals surface area contributed by atoms with Gasteiger partial charge in [-0.2, -0.15) is 5.26 Å². The molecule has 0 aliphatic heterocycles. The number of hydrogen-bond acceptors (Lipinski definition) is 2. The van der Waals surface area contributed by atoms with Crippen molar-refractivity contribution < 1.29 is 10.2 Å². The molecule has 0 unspecified atom stereocenters. The van der Waals surface area contributed by atoms with Crippen molar-refractivity contribution in [3.8, 4) is 28.7 Å². The Kier molecular flexibility index (Phi) is 3.42. The summed E-state index contributed by atoms with van der Waals surface area (Å²) in [5.41, 5.74) is 2.31. The third kappa shape index (κ3) is 2.60. The van der Waals surface area contributed by atoms with Gasteiger partial charge in [-0.15, -0.1) is 0 Å². The Balaban J connectivity index is 2.64. The molecule has 3 nitrogen and oxygen atoms in total. The molecule has 20 heavy (non-hydrogen) atoms. The summed E-state index contributed by atoms with van der Waals surface area (Å²) in [6.07, 6.45) is 0. The first-order chi connectivity index (χ1) is 9.32. The zero-order valence-electron chi connectivity index (χ0n) is 11.8. The highest BCUT2D eigenvalue weighted by Crippen LogP contribution is 2.41. The minimum Gasteiger partial charge on any atom is -0.504 e. The van der Waals surface area contributed by atoms with Crippen molar-refractivity contribution in [1.29, 1.82) is 5.26 Å². The minimum atomic E-state index is -0.350. The first kappa shape index (κ1) is 14.0. The first-order valence-corrected chi connectivity index (χ1v) is 6.38. The number of benzene rings is 2. The van der Waals surface area contributed by atoms with E-state index in [1.165, 1.54) is 6.07 Å². The Morgan fingerprint density at radius 1 is 1.10 bits per heavy atom. The number of hydrogen-bond donors (Lipinski definition) is 1. The van der Waals surface area contributed by atoms with Crippen molar-refractivity contribution in [2.45, 2.75) is 26.2 Å². The van der Waals surface area contributed by atoms with Crippen LogP contribution in [0.15, 0.2) is 36.4 Å². The Bertz CT molecular complexity index is 691. The molecule has 0 fully saturated rings. The lowest BCUT2D eigenvalue weighted by Gasteiger charge is -2.21. The summed E-state index contributed by atoms with van der Waals surface area (Å²) >= 11 is 0. The van der Waals surface area contributed by atoms with E-state index in [4.69, 9.17) is 5.26 Å². The fraction of sp³-hybridized carbons (Fsp3) is 0.235. The summed E-state index contributed by atoms with van der Waals surface area (Å²) in [6, 6.07) is 12.4. The molecule has 0 atom stereocenters. The summed E-state index contributed by atoms with van der Waals surface area (Å²) in [5.74, 6) is -0.590. The van der Waals surface area contributed by atoms with Gasteiger partial charge in [0.05, 0.1) is 11.6 Å². The van der Waals surface area contributed by atoms with Crippen LogP contribution < -0.4 is 0 Å². The second-order valence-electron chi connectivity index (χ2n) is 5.81. The maximum atomic E-state index is 12.0. The number of aromatic hydroxyl groups is 1. The molecule has 0 saturated heterocycles. The van der Waals surface area contributed by atoms with Crippen LogP contribution in [0.4, 0.5) is 0 Å². The van der Waals surface area contributed by atoms with Crippen molar-refractivity contribution in [3.63, 3.8) is 0 Å². The van der Waals surface area contributed by atoms with Gasteiger partial charge in [-0.05, 0) is 40.8 Å². The molecule has 0 heterocycles. The van der Waals surface area contributed by atoms with E-state index in [-0.39, 0.29) is 16.9 Å². The molecule has 101 valence electrons. The topological polar surface area (TPSA) is 63.9 Å². The van der Waals surface area contributed by atoms with Crippen LogP contribution in [0.1, 0.15) is 31.9 Å². The van der Waals surface area contributed by atoms with Gasteiger partial charge < -0.3 is 5.11 Å². The Morgan fingerprint density at radius 2 is 1.80 bits per heavy atom. The number of phenolic OH excluding ortho intramolecular Hbond substituents is 1. The van der Waals surface area contributed by atoms with E-state index in [0.29, 0.717) is 11.1 Å². The molecule has 2 aromatic carbocycles. The molecule has 2 aromatic rings. The number of rotatable bonds is 1. The summed E-state index contributed by atoms with van der Waals surface area (Å²) < 4.78 is 0. The van der Waals surface area contributed by atoms with Crippen LogP contribution in [0.3, 0.4) is 0 Å². The highest BCUT2D eigenvalue weighted by Gasteiger charge is 2.23. The van der Waals surface area contributed by atoms with Gasteiger partial charge in [0.25, 0.3) is 0 Å². The molecule has 1 radical (unpaired) electrons. The quantitative estimate of drug-likeness (QED) is 0.832. The average Bonchev–Trinajstić information content (AvgIpc) is 2.40. The Labute approximate surface area is 118 Å². The van der Waals surface area contributed by atoms with Crippen LogP contribution in [-0.2, 0) is 10.5 Å². The smallest absolute Gasteiger partial charge is 0.223 e.